The second-order valence-electron chi connectivity index (χ2n) is 4.69. The van der Waals surface area contributed by atoms with E-state index < -0.39 is 10.0 Å². The van der Waals surface area contributed by atoms with Gasteiger partial charge in [-0.05, 0) is 30.7 Å². The van der Waals surface area contributed by atoms with Crippen LogP contribution in [0, 0.1) is 18.3 Å². The molecule has 1 aromatic heterocycles. The summed E-state index contributed by atoms with van der Waals surface area (Å²) in [4.78, 5) is 0.169. The van der Waals surface area contributed by atoms with Crippen LogP contribution in [-0.2, 0) is 10.0 Å². The van der Waals surface area contributed by atoms with E-state index in [-0.39, 0.29) is 10.6 Å². The minimum Gasteiger partial charge on any atom is -0.223 e. The fourth-order valence-electron chi connectivity index (χ4n) is 2.44. The van der Waals surface area contributed by atoms with Crippen LogP contribution in [0.1, 0.15) is 11.3 Å². The Morgan fingerprint density at radius 2 is 1.62 bits per heavy atom. The van der Waals surface area contributed by atoms with Crippen LogP contribution < -0.4 is 0 Å². The fraction of sp³-hybridized carbons (Fsp3) is 0.0625. The highest BCUT2D eigenvalue weighted by molar-refractivity contribution is 7.90. The van der Waals surface area contributed by atoms with E-state index in [1.807, 2.05) is 18.2 Å². The minimum absolute atomic E-state index is 0.153. The molecule has 5 heteroatoms. The van der Waals surface area contributed by atoms with Crippen molar-refractivity contribution in [1.29, 1.82) is 5.26 Å². The van der Waals surface area contributed by atoms with Crippen molar-refractivity contribution in [2.75, 3.05) is 0 Å². The number of nitriles is 1. The number of nitrogens with zero attached hydrogens (tertiary/aromatic N) is 2. The first-order chi connectivity index (χ1) is 10.1. The summed E-state index contributed by atoms with van der Waals surface area (Å²) in [7, 11) is -3.79. The molecule has 0 saturated heterocycles. The molecule has 0 amide bonds. The fourth-order valence-corrected chi connectivity index (χ4v) is 3.99. The molecule has 0 aliphatic carbocycles. The van der Waals surface area contributed by atoms with E-state index in [0.29, 0.717) is 11.1 Å². The molecule has 0 atom stereocenters. The van der Waals surface area contributed by atoms with E-state index in [2.05, 4.69) is 0 Å². The molecule has 0 N–H and O–H groups in total. The second kappa shape index (κ2) is 4.76. The second-order valence-corrected chi connectivity index (χ2v) is 6.47. The Labute approximate surface area is 122 Å². The first kappa shape index (κ1) is 13.4. The lowest BCUT2D eigenvalue weighted by Gasteiger charge is -2.08. The molecule has 1 heterocycles. The molecule has 21 heavy (non-hydrogen) atoms. The van der Waals surface area contributed by atoms with Crippen molar-refractivity contribution in [3.05, 3.63) is 65.9 Å². The molecule has 0 radical (unpaired) electrons. The van der Waals surface area contributed by atoms with Crippen molar-refractivity contribution in [1.82, 2.24) is 3.97 Å². The van der Waals surface area contributed by atoms with Crippen LogP contribution in [0.3, 0.4) is 0 Å². The van der Waals surface area contributed by atoms with Crippen LogP contribution in [0.15, 0.2) is 59.5 Å². The largest absolute Gasteiger partial charge is 0.269 e. The van der Waals surface area contributed by atoms with Crippen molar-refractivity contribution in [3.8, 4) is 6.07 Å². The van der Waals surface area contributed by atoms with Crippen molar-refractivity contribution >= 4 is 20.9 Å². The Bertz CT molecular complexity index is 965. The van der Waals surface area contributed by atoms with E-state index in [0.717, 1.165) is 9.36 Å². The van der Waals surface area contributed by atoms with E-state index in [9.17, 15) is 13.7 Å². The molecule has 0 saturated carbocycles. The smallest absolute Gasteiger partial charge is 0.223 e. The average molecular weight is 296 g/mol. The van der Waals surface area contributed by atoms with Crippen molar-refractivity contribution in [2.24, 2.45) is 0 Å². The molecule has 104 valence electrons. The third kappa shape index (κ3) is 1.92. The monoisotopic (exact) mass is 296 g/mol. The minimum atomic E-state index is -3.79. The lowest BCUT2D eigenvalue weighted by atomic mass is 10.2. The number of fused-ring (bicyclic) bond motifs is 1. The third-order valence-corrected chi connectivity index (χ3v) is 5.20. The highest BCUT2D eigenvalue weighted by Crippen LogP contribution is 2.29. The Hall–Kier alpha value is -2.58. The van der Waals surface area contributed by atoms with Gasteiger partial charge < -0.3 is 0 Å². The Kier molecular flexibility index (Phi) is 3.04. The molecule has 0 spiro atoms. The number of benzene rings is 2. The summed E-state index contributed by atoms with van der Waals surface area (Å²) in [5.41, 5.74) is 1.35. The molecule has 0 unspecified atom stereocenters. The molecule has 0 aliphatic heterocycles. The van der Waals surface area contributed by atoms with Crippen molar-refractivity contribution in [2.45, 2.75) is 11.8 Å². The summed E-state index contributed by atoms with van der Waals surface area (Å²) in [6.07, 6.45) is 0. The van der Waals surface area contributed by atoms with Gasteiger partial charge in [-0.2, -0.15) is 5.26 Å². The predicted molar refractivity (Wildman–Crippen MR) is 80.4 cm³/mol. The number of aryl methyl sites for hydroxylation is 1. The highest BCUT2D eigenvalue weighted by atomic mass is 32.2. The number of hydrogen-bond acceptors (Lipinski definition) is 3. The van der Waals surface area contributed by atoms with Crippen LogP contribution in [0.2, 0.25) is 0 Å². The number of rotatable bonds is 2. The van der Waals surface area contributed by atoms with Gasteiger partial charge in [-0.3, -0.25) is 0 Å². The summed E-state index contributed by atoms with van der Waals surface area (Å²) in [6.45, 7) is 1.76. The maximum Gasteiger partial charge on any atom is 0.269 e. The summed E-state index contributed by atoms with van der Waals surface area (Å²) in [6, 6.07) is 17.3. The van der Waals surface area contributed by atoms with E-state index in [1.165, 1.54) is 12.1 Å². The zero-order chi connectivity index (χ0) is 15.0. The molecule has 3 aromatic rings. The molecule has 2 aromatic carbocycles. The summed E-state index contributed by atoms with van der Waals surface area (Å²) < 4.78 is 26.8. The predicted octanol–water partition coefficient (Wildman–Crippen LogP) is 3.06. The van der Waals surface area contributed by atoms with Gasteiger partial charge in [-0.1, -0.05) is 36.4 Å². The molecule has 0 fully saturated rings. The third-order valence-electron chi connectivity index (χ3n) is 3.47. The van der Waals surface area contributed by atoms with E-state index >= 15 is 0 Å². The molecular formula is C16H12N2O2S. The zero-order valence-corrected chi connectivity index (χ0v) is 12.1. The van der Waals surface area contributed by atoms with Gasteiger partial charge in [0.15, 0.2) is 0 Å². The summed E-state index contributed by atoms with van der Waals surface area (Å²) >= 11 is 0. The first-order valence-corrected chi connectivity index (χ1v) is 7.82. The van der Waals surface area contributed by atoms with Gasteiger partial charge >= 0.3 is 0 Å². The quantitative estimate of drug-likeness (QED) is 0.730. The van der Waals surface area contributed by atoms with Crippen LogP contribution in [-0.4, -0.2) is 12.4 Å². The number of para-hydroxylation sites is 1. The zero-order valence-electron chi connectivity index (χ0n) is 11.3. The standard InChI is InChI=1S/C16H12N2O2S/c1-12-14-9-5-6-10-15(14)18(16(12)11-17)21(19,20)13-7-3-2-4-8-13/h2-10H,1H3. The highest BCUT2D eigenvalue weighted by Gasteiger charge is 2.24. The van der Waals surface area contributed by atoms with Gasteiger partial charge in [-0.25, -0.2) is 12.4 Å². The topological polar surface area (TPSA) is 62.9 Å². The van der Waals surface area contributed by atoms with Gasteiger partial charge in [0.05, 0.1) is 10.4 Å². The van der Waals surface area contributed by atoms with Gasteiger partial charge in [0.25, 0.3) is 10.0 Å². The Morgan fingerprint density at radius 1 is 1.00 bits per heavy atom. The lowest BCUT2D eigenvalue weighted by molar-refractivity contribution is 0.588. The van der Waals surface area contributed by atoms with Gasteiger partial charge in [0, 0.05) is 5.39 Å². The lowest BCUT2D eigenvalue weighted by Crippen LogP contribution is -2.14. The van der Waals surface area contributed by atoms with Gasteiger partial charge in [0.2, 0.25) is 0 Å². The van der Waals surface area contributed by atoms with Crippen LogP contribution in [0.25, 0.3) is 10.9 Å². The maximum atomic E-state index is 12.9. The molecule has 0 bridgehead atoms. The van der Waals surface area contributed by atoms with Crippen LogP contribution in [0.5, 0.6) is 0 Å². The number of hydrogen-bond donors (Lipinski definition) is 0. The maximum absolute atomic E-state index is 12.9. The van der Waals surface area contributed by atoms with Crippen molar-refractivity contribution < 1.29 is 8.42 Å². The summed E-state index contributed by atoms with van der Waals surface area (Å²) in [5, 5.41) is 10.1. The van der Waals surface area contributed by atoms with Crippen molar-refractivity contribution in [3.63, 3.8) is 0 Å². The van der Waals surface area contributed by atoms with E-state index in [4.69, 9.17) is 0 Å². The van der Waals surface area contributed by atoms with Crippen LogP contribution in [0.4, 0.5) is 0 Å². The van der Waals surface area contributed by atoms with E-state index in [1.54, 1.807) is 37.3 Å². The molecular weight excluding hydrogens is 284 g/mol. The average Bonchev–Trinajstić information content (AvgIpc) is 2.81. The molecule has 3 rings (SSSR count). The number of aromatic nitrogens is 1. The molecule has 0 aliphatic rings. The first-order valence-electron chi connectivity index (χ1n) is 6.38. The van der Waals surface area contributed by atoms with Crippen LogP contribution >= 0.6 is 0 Å². The SMILES string of the molecule is Cc1c(C#N)n(S(=O)(=O)c2ccccc2)c2ccccc12. The Balaban J connectivity index is 2.44. The van der Waals surface area contributed by atoms with Gasteiger partial charge in [0.1, 0.15) is 11.8 Å². The summed E-state index contributed by atoms with van der Waals surface area (Å²) in [5.74, 6) is 0. The Morgan fingerprint density at radius 3 is 2.29 bits per heavy atom. The normalized spacial score (nSPS) is 11.4. The van der Waals surface area contributed by atoms with Gasteiger partial charge in [-0.15, -0.1) is 0 Å². The molecule has 4 nitrogen and oxygen atoms in total.